The van der Waals surface area contributed by atoms with Crippen molar-refractivity contribution in [1.82, 2.24) is 14.5 Å². The Bertz CT molecular complexity index is 909. The molecule has 0 spiro atoms. The Labute approximate surface area is 157 Å². The molecular formula is C19H21ClN6. The highest BCUT2D eigenvalue weighted by atomic mass is 35.5. The maximum Gasteiger partial charge on any atom is 0.191 e. The molecule has 0 amide bonds. The lowest BCUT2D eigenvalue weighted by Gasteiger charge is -2.36. The summed E-state index contributed by atoms with van der Waals surface area (Å²) in [7, 11) is 0. The van der Waals surface area contributed by atoms with Crippen LogP contribution in [0.5, 0.6) is 0 Å². The van der Waals surface area contributed by atoms with Crippen molar-refractivity contribution in [2.75, 3.05) is 31.1 Å². The average Bonchev–Trinajstić information content (AvgIpc) is 3.10. The number of hydrogen-bond donors (Lipinski definition) is 1. The molecule has 1 aliphatic heterocycles. The first kappa shape index (κ1) is 16.7. The van der Waals surface area contributed by atoms with E-state index >= 15 is 0 Å². The van der Waals surface area contributed by atoms with Crippen LogP contribution in [0.4, 0.5) is 5.69 Å². The van der Waals surface area contributed by atoms with Gasteiger partial charge in [-0.15, -0.1) is 0 Å². The normalized spacial score (nSPS) is 15.7. The van der Waals surface area contributed by atoms with Crippen LogP contribution in [0.25, 0.3) is 5.52 Å². The molecule has 1 saturated heterocycles. The van der Waals surface area contributed by atoms with E-state index in [1.807, 2.05) is 47.2 Å². The van der Waals surface area contributed by atoms with Gasteiger partial charge < -0.3 is 15.5 Å². The summed E-state index contributed by atoms with van der Waals surface area (Å²) in [4.78, 5) is 9.06. The van der Waals surface area contributed by atoms with Crippen molar-refractivity contribution in [1.29, 1.82) is 0 Å². The minimum Gasteiger partial charge on any atom is -0.370 e. The summed E-state index contributed by atoms with van der Waals surface area (Å²) in [5.41, 5.74) is 9.56. The van der Waals surface area contributed by atoms with Crippen LogP contribution in [-0.4, -0.2) is 46.7 Å². The third kappa shape index (κ3) is 3.46. The maximum absolute atomic E-state index is 6.23. The minimum absolute atomic E-state index is 0.538. The summed E-state index contributed by atoms with van der Waals surface area (Å²) >= 11 is 5.96. The number of rotatable bonds is 3. The number of anilines is 1. The molecule has 2 aromatic heterocycles. The van der Waals surface area contributed by atoms with E-state index in [2.05, 4.69) is 32.0 Å². The van der Waals surface area contributed by atoms with Gasteiger partial charge in [-0.05, 0) is 36.4 Å². The molecule has 0 radical (unpaired) electrons. The first-order chi connectivity index (χ1) is 12.7. The molecule has 6 nitrogen and oxygen atoms in total. The van der Waals surface area contributed by atoms with Crippen molar-refractivity contribution >= 4 is 28.8 Å². The molecule has 1 fully saturated rings. The Morgan fingerprint density at radius 1 is 1.08 bits per heavy atom. The predicted molar refractivity (Wildman–Crippen MR) is 106 cm³/mol. The van der Waals surface area contributed by atoms with E-state index in [9.17, 15) is 0 Å². The number of fused-ring (bicyclic) bond motifs is 1. The van der Waals surface area contributed by atoms with Gasteiger partial charge in [0.15, 0.2) is 5.96 Å². The van der Waals surface area contributed by atoms with Gasteiger partial charge in [0.1, 0.15) is 0 Å². The highest BCUT2D eigenvalue weighted by Crippen LogP contribution is 2.19. The number of piperazine rings is 1. The quantitative estimate of drug-likeness (QED) is 0.570. The van der Waals surface area contributed by atoms with Crippen molar-refractivity contribution in [2.24, 2.45) is 10.7 Å². The van der Waals surface area contributed by atoms with E-state index in [0.717, 1.165) is 42.3 Å². The zero-order chi connectivity index (χ0) is 17.9. The predicted octanol–water partition coefficient (Wildman–Crippen LogP) is 2.62. The molecule has 134 valence electrons. The molecule has 0 unspecified atom stereocenters. The van der Waals surface area contributed by atoms with Crippen molar-refractivity contribution < 1.29 is 0 Å². The summed E-state index contributed by atoms with van der Waals surface area (Å²) in [6.07, 6.45) is 3.78. The molecule has 4 rings (SSSR count). The van der Waals surface area contributed by atoms with Gasteiger partial charge in [-0.2, -0.15) is 5.10 Å². The monoisotopic (exact) mass is 368 g/mol. The average molecular weight is 369 g/mol. The largest absolute Gasteiger partial charge is 0.370 e. The Kier molecular flexibility index (Phi) is 4.67. The van der Waals surface area contributed by atoms with E-state index < -0.39 is 0 Å². The molecular weight excluding hydrogens is 348 g/mol. The lowest BCUT2D eigenvalue weighted by molar-refractivity contribution is 0.380. The summed E-state index contributed by atoms with van der Waals surface area (Å²) in [6.45, 7) is 4.07. The lowest BCUT2D eigenvalue weighted by Crippen LogP contribution is -2.51. The highest BCUT2D eigenvalue weighted by molar-refractivity contribution is 6.30. The number of guanidine groups is 1. The number of nitrogens with zero attached hydrogens (tertiary/aromatic N) is 5. The number of aromatic nitrogens is 2. The van der Waals surface area contributed by atoms with Crippen LogP contribution in [0.2, 0.25) is 5.02 Å². The second-order valence-electron chi connectivity index (χ2n) is 6.33. The number of pyridine rings is 1. The Balaban J connectivity index is 1.37. The fourth-order valence-corrected chi connectivity index (χ4v) is 3.35. The number of halogens is 1. The van der Waals surface area contributed by atoms with Gasteiger partial charge in [0, 0.05) is 48.6 Å². The van der Waals surface area contributed by atoms with Crippen LogP contribution in [0.1, 0.15) is 5.56 Å². The number of hydrogen-bond acceptors (Lipinski definition) is 3. The molecule has 1 aromatic carbocycles. The summed E-state index contributed by atoms with van der Waals surface area (Å²) in [5, 5.41) is 5.10. The lowest BCUT2D eigenvalue weighted by atomic mass is 10.2. The third-order valence-corrected chi connectivity index (χ3v) is 4.97. The molecule has 7 heteroatoms. The van der Waals surface area contributed by atoms with Gasteiger partial charge >= 0.3 is 0 Å². The van der Waals surface area contributed by atoms with Crippen LogP contribution >= 0.6 is 11.6 Å². The topological polar surface area (TPSA) is 62.2 Å². The number of aliphatic imine (C=N–C) groups is 1. The van der Waals surface area contributed by atoms with Crippen LogP contribution in [0.3, 0.4) is 0 Å². The second kappa shape index (κ2) is 7.25. The smallest absolute Gasteiger partial charge is 0.191 e. The van der Waals surface area contributed by atoms with Gasteiger partial charge in [0.05, 0.1) is 18.3 Å². The SMILES string of the molecule is NC(=NCc1cnn2ccccc12)N1CCN(c2ccc(Cl)cc2)CC1. The van der Waals surface area contributed by atoms with Crippen LogP contribution in [-0.2, 0) is 6.54 Å². The first-order valence-electron chi connectivity index (χ1n) is 8.67. The molecule has 0 atom stereocenters. The first-order valence-corrected chi connectivity index (χ1v) is 9.05. The Hall–Kier alpha value is -2.73. The fraction of sp³-hybridized carbons (Fsp3) is 0.263. The Morgan fingerprint density at radius 3 is 2.62 bits per heavy atom. The summed E-state index contributed by atoms with van der Waals surface area (Å²) in [5.74, 6) is 0.594. The highest BCUT2D eigenvalue weighted by Gasteiger charge is 2.18. The molecule has 1 aliphatic rings. The minimum atomic E-state index is 0.538. The summed E-state index contributed by atoms with van der Waals surface area (Å²) < 4.78 is 1.85. The van der Waals surface area contributed by atoms with Crippen molar-refractivity contribution in [3.8, 4) is 0 Å². The third-order valence-electron chi connectivity index (χ3n) is 4.71. The van der Waals surface area contributed by atoms with Gasteiger partial charge in [-0.3, -0.25) is 0 Å². The van der Waals surface area contributed by atoms with Gasteiger partial charge in [-0.25, -0.2) is 9.51 Å². The van der Waals surface area contributed by atoms with E-state index in [0.29, 0.717) is 12.5 Å². The van der Waals surface area contributed by atoms with E-state index in [1.54, 1.807) is 0 Å². The van der Waals surface area contributed by atoms with Crippen LogP contribution in [0.15, 0.2) is 59.9 Å². The van der Waals surface area contributed by atoms with Gasteiger partial charge in [0.2, 0.25) is 0 Å². The summed E-state index contributed by atoms with van der Waals surface area (Å²) in [6, 6.07) is 14.0. The molecule has 0 bridgehead atoms. The maximum atomic E-state index is 6.23. The van der Waals surface area contributed by atoms with E-state index in [1.165, 1.54) is 5.69 Å². The molecule has 3 aromatic rings. The molecule has 2 N–H and O–H groups in total. The molecule has 26 heavy (non-hydrogen) atoms. The van der Waals surface area contributed by atoms with Gasteiger partial charge in [-0.1, -0.05) is 17.7 Å². The zero-order valence-electron chi connectivity index (χ0n) is 14.4. The van der Waals surface area contributed by atoms with Crippen molar-refractivity contribution in [3.05, 3.63) is 65.4 Å². The molecule has 0 aliphatic carbocycles. The number of nitrogens with two attached hydrogens (primary N) is 1. The van der Waals surface area contributed by atoms with E-state index in [-0.39, 0.29) is 0 Å². The fourth-order valence-electron chi connectivity index (χ4n) is 3.22. The van der Waals surface area contributed by atoms with Gasteiger partial charge in [0.25, 0.3) is 0 Å². The van der Waals surface area contributed by atoms with Crippen LogP contribution in [0, 0.1) is 0 Å². The number of benzene rings is 1. The Morgan fingerprint density at radius 2 is 1.85 bits per heavy atom. The second-order valence-corrected chi connectivity index (χ2v) is 6.76. The molecule has 0 saturated carbocycles. The zero-order valence-corrected chi connectivity index (χ0v) is 15.2. The van der Waals surface area contributed by atoms with E-state index in [4.69, 9.17) is 17.3 Å². The van der Waals surface area contributed by atoms with Crippen molar-refractivity contribution in [3.63, 3.8) is 0 Å². The van der Waals surface area contributed by atoms with Crippen molar-refractivity contribution in [2.45, 2.75) is 6.54 Å². The molecule has 3 heterocycles. The standard InChI is InChI=1S/C19H21ClN6/c20-16-4-6-17(7-5-16)24-9-11-25(12-10-24)19(21)22-13-15-14-23-26-8-2-1-3-18(15)26/h1-8,14H,9-13H2,(H2,21,22). The van der Waals surface area contributed by atoms with Crippen LogP contribution < -0.4 is 10.6 Å².